The van der Waals surface area contributed by atoms with Gasteiger partial charge in [0.2, 0.25) is 17.7 Å². The van der Waals surface area contributed by atoms with Crippen LogP contribution in [0.25, 0.3) is 0 Å². The second-order valence-electron chi connectivity index (χ2n) is 9.32. The van der Waals surface area contributed by atoms with Crippen LogP contribution in [0.2, 0.25) is 0 Å². The zero-order valence-electron chi connectivity index (χ0n) is 22.4. The average molecular weight is 572 g/mol. The Morgan fingerprint density at radius 1 is 0.780 bits per heavy atom. The molecule has 12 N–H and O–H groups in total. The lowest BCUT2D eigenvalue weighted by Gasteiger charge is -2.24. The number of phenols is 1. The van der Waals surface area contributed by atoms with E-state index in [4.69, 9.17) is 17.2 Å². The van der Waals surface area contributed by atoms with E-state index in [-0.39, 0.29) is 43.9 Å². The molecule has 0 saturated carbocycles. The highest BCUT2D eigenvalue weighted by Gasteiger charge is 2.30. The normalized spacial score (nSPS) is 13.6. The topological polar surface area (TPSA) is 255 Å². The Hall–Kier alpha value is -4.69. The molecule has 0 heterocycles. The van der Waals surface area contributed by atoms with Gasteiger partial charge in [0.1, 0.15) is 23.9 Å². The molecular formula is C27H37N7O7. The zero-order chi connectivity index (χ0) is 30.4. The van der Waals surface area contributed by atoms with E-state index in [0.29, 0.717) is 11.1 Å². The third-order valence-corrected chi connectivity index (χ3v) is 6.02. The number of aliphatic imine (C=N–C) groups is 1. The summed E-state index contributed by atoms with van der Waals surface area (Å²) in [6, 6.07) is 9.72. The molecule has 0 aliphatic rings. The molecule has 3 amide bonds. The number of aliphatic hydroxyl groups is 1. The average Bonchev–Trinajstić information content (AvgIpc) is 2.94. The number of nitrogens with zero attached hydrogens (tertiary/aromatic N) is 1. The fraction of sp³-hybridized carbons (Fsp3) is 0.370. The van der Waals surface area contributed by atoms with Crippen molar-refractivity contribution in [3.8, 4) is 5.75 Å². The van der Waals surface area contributed by atoms with Crippen LogP contribution in [0.1, 0.15) is 24.0 Å². The number of hydrogen-bond acceptors (Lipinski definition) is 8. The molecule has 2 aromatic rings. The first-order valence-electron chi connectivity index (χ1n) is 12.9. The second kappa shape index (κ2) is 16.4. The van der Waals surface area contributed by atoms with E-state index in [1.54, 1.807) is 42.5 Å². The molecule has 0 aromatic heterocycles. The molecule has 0 aliphatic heterocycles. The maximum atomic E-state index is 13.1. The number of rotatable bonds is 16. The summed E-state index contributed by atoms with van der Waals surface area (Å²) in [5.74, 6) is -3.76. The Labute approximate surface area is 237 Å². The summed E-state index contributed by atoms with van der Waals surface area (Å²) in [6.45, 7) is -0.655. The van der Waals surface area contributed by atoms with Crippen LogP contribution in [-0.2, 0) is 32.0 Å². The summed E-state index contributed by atoms with van der Waals surface area (Å²) < 4.78 is 0. The van der Waals surface area contributed by atoms with E-state index in [0.717, 1.165) is 0 Å². The van der Waals surface area contributed by atoms with Gasteiger partial charge in [0.25, 0.3) is 0 Å². The van der Waals surface area contributed by atoms with Gasteiger partial charge in [-0.1, -0.05) is 42.5 Å². The SMILES string of the molecule is NC(N)=NCCCC(NC(=O)C(CO)NC(=O)C(N)Cc1ccc(O)cc1)C(=O)NC(Cc1ccccc1)C(=O)O. The summed E-state index contributed by atoms with van der Waals surface area (Å²) in [5, 5.41) is 36.1. The first-order chi connectivity index (χ1) is 19.5. The van der Waals surface area contributed by atoms with Crippen molar-refractivity contribution in [3.05, 3.63) is 65.7 Å². The molecule has 0 spiro atoms. The third-order valence-electron chi connectivity index (χ3n) is 6.02. The standard InChI is InChI=1S/C27H37N7O7/c28-19(13-17-8-10-18(36)11-9-17)23(37)34-22(15-35)25(39)32-20(7-4-12-31-27(29)30)24(38)33-21(26(40)41)14-16-5-2-1-3-6-16/h1-3,5-6,8-11,19-22,35-36H,4,7,12-15,28H2,(H,32,39)(H,33,38)(H,34,37)(H,40,41)(H4,29,30,31). The first kappa shape index (κ1) is 32.5. The van der Waals surface area contributed by atoms with Gasteiger partial charge in [-0.25, -0.2) is 4.79 Å². The van der Waals surface area contributed by atoms with Gasteiger partial charge in [0.05, 0.1) is 12.6 Å². The minimum absolute atomic E-state index is 0.00478. The van der Waals surface area contributed by atoms with Gasteiger partial charge in [-0.05, 0) is 42.5 Å². The van der Waals surface area contributed by atoms with Crippen molar-refractivity contribution >= 4 is 29.7 Å². The van der Waals surface area contributed by atoms with Gasteiger partial charge in [-0.15, -0.1) is 0 Å². The summed E-state index contributed by atoms with van der Waals surface area (Å²) in [7, 11) is 0. The van der Waals surface area contributed by atoms with E-state index in [1.165, 1.54) is 12.1 Å². The minimum Gasteiger partial charge on any atom is -0.508 e. The van der Waals surface area contributed by atoms with Crippen molar-refractivity contribution in [1.29, 1.82) is 0 Å². The highest BCUT2D eigenvalue weighted by atomic mass is 16.4. The molecule has 222 valence electrons. The molecule has 4 atom stereocenters. The molecule has 0 saturated heterocycles. The van der Waals surface area contributed by atoms with Crippen molar-refractivity contribution in [1.82, 2.24) is 16.0 Å². The molecule has 0 bridgehead atoms. The van der Waals surface area contributed by atoms with Crippen LogP contribution < -0.4 is 33.2 Å². The number of aliphatic carboxylic acids is 1. The summed E-state index contributed by atoms with van der Waals surface area (Å²) in [6.07, 6.45) is 0.378. The molecule has 14 nitrogen and oxygen atoms in total. The van der Waals surface area contributed by atoms with Gasteiger partial charge < -0.3 is 48.5 Å². The molecule has 0 aliphatic carbocycles. The van der Waals surface area contributed by atoms with Gasteiger partial charge in [0.15, 0.2) is 5.96 Å². The van der Waals surface area contributed by atoms with Crippen molar-refractivity contribution in [2.75, 3.05) is 13.2 Å². The molecule has 0 fully saturated rings. The van der Waals surface area contributed by atoms with Crippen LogP contribution in [0.4, 0.5) is 0 Å². The smallest absolute Gasteiger partial charge is 0.326 e. The number of carbonyl (C=O) groups is 4. The Kier molecular flexibility index (Phi) is 13.0. The lowest BCUT2D eigenvalue weighted by atomic mass is 10.0. The highest BCUT2D eigenvalue weighted by Crippen LogP contribution is 2.11. The third kappa shape index (κ3) is 11.5. The van der Waals surface area contributed by atoms with Crippen molar-refractivity contribution < 1.29 is 34.5 Å². The number of amides is 3. The number of aromatic hydroxyl groups is 1. The number of benzene rings is 2. The van der Waals surface area contributed by atoms with Crippen LogP contribution >= 0.6 is 0 Å². The number of nitrogens with one attached hydrogen (secondary N) is 3. The summed E-state index contributed by atoms with van der Waals surface area (Å²) in [4.78, 5) is 54.4. The Balaban J connectivity index is 2.09. The van der Waals surface area contributed by atoms with Crippen LogP contribution in [0, 0.1) is 0 Å². The first-order valence-corrected chi connectivity index (χ1v) is 12.9. The quantitative estimate of drug-likeness (QED) is 0.0613. The Morgan fingerprint density at radius 3 is 1.93 bits per heavy atom. The van der Waals surface area contributed by atoms with Gasteiger partial charge in [-0.3, -0.25) is 19.4 Å². The predicted molar refractivity (Wildman–Crippen MR) is 150 cm³/mol. The highest BCUT2D eigenvalue weighted by molar-refractivity contribution is 5.94. The fourth-order valence-electron chi connectivity index (χ4n) is 3.82. The number of carboxylic acid groups (broad SMARTS) is 1. The molecule has 4 unspecified atom stereocenters. The van der Waals surface area contributed by atoms with Crippen LogP contribution in [-0.4, -0.2) is 82.3 Å². The Morgan fingerprint density at radius 2 is 1.34 bits per heavy atom. The van der Waals surface area contributed by atoms with E-state index in [9.17, 15) is 34.5 Å². The monoisotopic (exact) mass is 571 g/mol. The molecular weight excluding hydrogens is 534 g/mol. The van der Waals surface area contributed by atoms with Crippen molar-refractivity contribution in [3.63, 3.8) is 0 Å². The maximum absolute atomic E-state index is 13.1. The number of nitrogens with two attached hydrogens (primary N) is 3. The van der Waals surface area contributed by atoms with Crippen molar-refractivity contribution in [2.45, 2.75) is 49.9 Å². The molecule has 14 heteroatoms. The predicted octanol–water partition coefficient (Wildman–Crippen LogP) is -1.91. The van der Waals surface area contributed by atoms with Gasteiger partial charge in [-0.2, -0.15) is 0 Å². The zero-order valence-corrected chi connectivity index (χ0v) is 22.4. The number of phenolic OH excluding ortho intramolecular Hbond substituents is 1. The lowest BCUT2D eigenvalue weighted by molar-refractivity contribution is -0.142. The van der Waals surface area contributed by atoms with E-state index in [2.05, 4.69) is 20.9 Å². The number of aliphatic hydroxyl groups excluding tert-OH is 1. The van der Waals surface area contributed by atoms with Gasteiger partial charge >= 0.3 is 5.97 Å². The maximum Gasteiger partial charge on any atom is 0.326 e. The van der Waals surface area contributed by atoms with Crippen molar-refractivity contribution in [2.24, 2.45) is 22.2 Å². The van der Waals surface area contributed by atoms with Gasteiger partial charge in [0, 0.05) is 13.0 Å². The largest absolute Gasteiger partial charge is 0.508 e. The van der Waals surface area contributed by atoms with Crippen LogP contribution in [0.3, 0.4) is 0 Å². The Bertz CT molecular complexity index is 1190. The molecule has 0 radical (unpaired) electrons. The summed E-state index contributed by atoms with van der Waals surface area (Å²) >= 11 is 0. The van der Waals surface area contributed by atoms with Crippen LogP contribution in [0.5, 0.6) is 5.75 Å². The second-order valence-corrected chi connectivity index (χ2v) is 9.32. The molecule has 41 heavy (non-hydrogen) atoms. The number of guanidine groups is 1. The summed E-state index contributed by atoms with van der Waals surface area (Å²) in [5.41, 5.74) is 18.0. The number of carboxylic acids is 1. The van der Waals surface area contributed by atoms with E-state index < -0.39 is 54.5 Å². The van der Waals surface area contributed by atoms with E-state index >= 15 is 0 Å². The minimum atomic E-state index is -1.44. The number of carbonyl (C=O) groups excluding carboxylic acids is 3. The number of hydrogen-bond donors (Lipinski definition) is 9. The van der Waals surface area contributed by atoms with E-state index in [1.807, 2.05) is 0 Å². The molecule has 2 rings (SSSR count). The lowest BCUT2D eigenvalue weighted by Crippen LogP contribution is -2.58. The molecule has 2 aromatic carbocycles. The van der Waals surface area contributed by atoms with Crippen LogP contribution in [0.15, 0.2) is 59.6 Å². The fourth-order valence-corrected chi connectivity index (χ4v) is 3.82.